The topological polar surface area (TPSA) is 91.0 Å². The van der Waals surface area contributed by atoms with Gasteiger partial charge >= 0.3 is 6.09 Å². The van der Waals surface area contributed by atoms with Crippen LogP contribution in [0.1, 0.15) is 77.5 Å². The quantitative estimate of drug-likeness (QED) is 0.468. The van der Waals surface area contributed by atoms with Crippen molar-refractivity contribution >= 4 is 29.3 Å². The minimum absolute atomic E-state index is 0.127. The molecule has 2 aromatic rings. The third-order valence-electron chi connectivity index (χ3n) is 8.11. The van der Waals surface area contributed by atoms with Gasteiger partial charge in [0.2, 0.25) is 11.8 Å². The molecule has 0 radical (unpaired) electrons. The summed E-state index contributed by atoms with van der Waals surface area (Å²) >= 11 is 0. The van der Waals surface area contributed by atoms with Crippen molar-refractivity contribution in [3.05, 3.63) is 59.7 Å². The van der Waals surface area contributed by atoms with Crippen LogP contribution in [0.5, 0.6) is 0 Å². The number of nitrogens with zero attached hydrogens (tertiary/aromatic N) is 2. The van der Waals surface area contributed by atoms with Crippen LogP contribution >= 0.6 is 0 Å². The van der Waals surface area contributed by atoms with Gasteiger partial charge in [-0.1, -0.05) is 58.9 Å². The second-order valence-corrected chi connectivity index (χ2v) is 12.3. The number of carbonyl (C=O) groups is 3. The molecule has 4 rings (SSSR count). The first kappa shape index (κ1) is 29.4. The highest BCUT2D eigenvalue weighted by Gasteiger charge is 2.39. The summed E-state index contributed by atoms with van der Waals surface area (Å²) in [5.74, 6) is -0.610. The number of carbonyl (C=O) groups excluding carboxylic acids is 3. The van der Waals surface area contributed by atoms with Crippen LogP contribution in [-0.2, 0) is 19.7 Å². The average molecular weight is 549 g/mol. The number of ether oxygens (including phenoxy) is 1. The van der Waals surface area contributed by atoms with Crippen LogP contribution in [0, 0.1) is 5.92 Å². The molecule has 8 heteroatoms. The maximum absolute atomic E-state index is 13.3. The molecule has 2 fully saturated rings. The van der Waals surface area contributed by atoms with Gasteiger partial charge in [-0.05, 0) is 72.4 Å². The van der Waals surface area contributed by atoms with Gasteiger partial charge in [0.05, 0.1) is 13.2 Å². The van der Waals surface area contributed by atoms with Crippen molar-refractivity contribution in [1.82, 2.24) is 10.2 Å². The molecule has 2 aromatic carbocycles. The summed E-state index contributed by atoms with van der Waals surface area (Å²) in [6.45, 7) is 11.9. The third kappa shape index (κ3) is 6.60. The van der Waals surface area contributed by atoms with Crippen molar-refractivity contribution in [3.8, 4) is 0 Å². The number of methoxy groups -OCH3 is 1. The predicted molar refractivity (Wildman–Crippen MR) is 158 cm³/mol. The van der Waals surface area contributed by atoms with Crippen LogP contribution in [0.25, 0.3) is 0 Å². The molecule has 40 heavy (non-hydrogen) atoms. The Labute approximate surface area is 238 Å². The number of rotatable bonds is 7. The molecule has 2 aliphatic rings. The highest BCUT2D eigenvalue weighted by atomic mass is 16.5. The van der Waals surface area contributed by atoms with Crippen LogP contribution in [0.2, 0.25) is 0 Å². The minimum Gasteiger partial charge on any atom is -0.453 e. The van der Waals surface area contributed by atoms with Gasteiger partial charge in [-0.2, -0.15) is 0 Å². The highest BCUT2D eigenvalue weighted by Crippen LogP contribution is 2.37. The Hall–Kier alpha value is -3.55. The molecule has 3 atom stereocenters. The van der Waals surface area contributed by atoms with E-state index in [-0.39, 0.29) is 23.1 Å². The largest absolute Gasteiger partial charge is 0.453 e. The molecule has 0 bridgehead atoms. The SMILES string of the molecule is COC(=O)N[C@H](C(=O)N1CCC[C@H]1C(=O)Nc1ccc([C@@H]2CCCN2c2ccc(C(C)(C)C)cc2)cc1)C(C)C. The van der Waals surface area contributed by atoms with E-state index in [1.165, 1.54) is 23.9 Å². The van der Waals surface area contributed by atoms with Crippen molar-refractivity contribution in [1.29, 1.82) is 0 Å². The summed E-state index contributed by atoms with van der Waals surface area (Å²) in [6, 6.07) is 16.0. The molecular weight excluding hydrogens is 504 g/mol. The average Bonchev–Trinajstić information content (AvgIpc) is 3.61. The molecule has 2 N–H and O–H groups in total. The summed E-state index contributed by atoms with van der Waals surface area (Å²) in [6.07, 6.45) is 2.89. The number of benzene rings is 2. The standard InChI is InChI=1S/C32H44N4O4/c1-21(2)28(34-31(39)40-6)30(38)36-20-8-10-27(36)29(37)33-24-15-11-22(12-16-24)26-9-7-19-35(26)25-17-13-23(14-18-25)32(3,4)5/h11-18,21,26-28H,7-10,19-20H2,1-6H3,(H,33,37)(H,34,39)/t26-,27-,28-/m0/s1. The second kappa shape index (κ2) is 12.3. The molecule has 0 aromatic heterocycles. The molecule has 0 spiro atoms. The summed E-state index contributed by atoms with van der Waals surface area (Å²) in [7, 11) is 1.27. The van der Waals surface area contributed by atoms with Gasteiger partial charge in [0.15, 0.2) is 0 Å². The zero-order valence-electron chi connectivity index (χ0n) is 24.7. The maximum Gasteiger partial charge on any atom is 0.407 e. The lowest BCUT2D eigenvalue weighted by atomic mass is 9.87. The predicted octanol–water partition coefficient (Wildman–Crippen LogP) is 5.64. The number of nitrogens with one attached hydrogen (secondary N) is 2. The second-order valence-electron chi connectivity index (χ2n) is 12.3. The van der Waals surface area contributed by atoms with E-state index in [9.17, 15) is 14.4 Å². The summed E-state index contributed by atoms with van der Waals surface area (Å²) in [5.41, 5.74) is 4.62. The molecule has 0 aliphatic carbocycles. The number of amides is 3. The Morgan fingerprint density at radius 3 is 2.17 bits per heavy atom. The van der Waals surface area contributed by atoms with Gasteiger partial charge in [-0.3, -0.25) is 9.59 Å². The molecule has 216 valence electrons. The van der Waals surface area contributed by atoms with Crippen LogP contribution in [-0.4, -0.2) is 55.1 Å². The van der Waals surface area contributed by atoms with Crippen LogP contribution in [0.4, 0.5) is 16.2 Å². The summed E-state index contributed by atoms with van der Waals surface area (Å²) < 4.78 is 4.69. The summed E-state index contributed by atoms with van der Waals surface area (Å²) in [5, 5.41) is 5.63. The fraction of sp³-hybridized carbons (Fsp3) is 0.531. The Morgan fingerprint density at radius 1 is 0.925 bits per heavy atom. The van der Waals surface area contributed by atoms with E-state index in [1.54, 1.807) is 4.90 Å². The third-order valence-corrected chi connectivity index (χ3v) is 8.11. The zero-order valence-corrected chi connectivity index (χ0v) is 24.7. The smallest absolute Gasteiger partial charge is 0.407 e. The maximum atomic E-state index is 13.3. The van der Waals surface area contributed by atoms with Gasteiger partial charge in [0, 0.05) is 24.5 Å². The van der Waals surface area contributed by atoms with Crippen molar-refractivity contribution in [2.24, 2.45) is 5.92 Å². The summed E-state index contributed by atoms with van der Waals surface area (Å²) in [4.78, 5) is 42.4. The minimum atomic E-state index is -0.751. The van der Waals surface area contributed by atoms with Crippen molar-refractivity contribution < 1.29 is 19.1 Å². The van der Waals surface area contributed by atoms with Crippen LogP contribution < -0.4 is 15.5 Å². The van der Waals surface area contributed by atoms with Crippen molar-refractivity contribution in [3.63, 3.8) is 0 Å². The van der Waals surface area contributed by atoms with Gasteiger partial charge < -0.3 is 25.2 Å². The van der Waals surface area contributed by atoms with E-state index >= 15 is 0 Å². The Balaban J connectivity index is 1.41. The number of anilines is 2. The van der Waals surface area contributed by atoms with E-state index < -0.39 is 18.2 Å². The number of hydrogen-bond acceptors (Lipinski definition) is 5. The van der Waals surface area contributed by atoms with E-state index in [4.69, 9.17) is 0 Å². The molecule has 3 amide bonds. The lowest BCUT2D eigenvalue weighted by Crippen LogP contribution is -2.54. The lowest BCUT2D eigenvalue weighted by molar-refractivity contribution is -0.139. The fourth-order valence-corrected chi connectivity index (χ4v) is 5.77. The number of likely N-dealkylation sites (tertiary alicyclic amines) is 1. The van der Waals surface area contributed by atoms with Gasteiger partial charge in [-0.25, -0.2) is 4.79 Å². The lowest BCUT2D eigenvalue weighted by Gasteiger charge is -2.30. The first-order valence-electron chi connectivity index (χ1n) is 14.4. The number of alkyl carbamates (subject to hydrolysis) is 1. The molecule has 8 nitrogen and oxygen atoms in total. The molecule has 2 aliphatic heterocycles. The van der Waals surface area contributed by atoms with Gasteiger partial charge in [0.1, 0.15) is 12.1 Å². The van der Waals surface area contributed by atoms with Gasteiger partial charge in [-0.15, -0.1) is 0 Å². The van der Waals surface area contributed by atoms with E-state index in [0.29, 0.717) is 24.7 Å². The Bertz CT molecular complexity index is 1190. The first-order chi connectivity index (χ1) is 19.0. The highest BCUT2D eigenvalue weighted by molar-refractivity contribution is 5.98. The Morgan fingerprint density at radius 2 is 1.57 bits per heavy atom. The van der Waals surface area contributed by atoms with E-state index in [1.807, 2.05) is 26.0 Å². The van der Waals surface area contributed by atoms with Crippen molar-refractivity contribution in [2.45, 2.75) is 83.8 Å². The van der Waals surface area contributed by atoms with Crippen molar-refractivity contribution in [2.75, 3.05) is 30.4 Å². The molecule has 2 heterocycles. The van der Waals surface area contributed by atoms with Gasteiger partial charge in [0.25, 0.3) is 0 Å². The monoisotopic (exact) mass is 548 g/mol. The van der Waals surface area contributed by atoms with E-state index in [2.05, 4.69) is 77.4 Å². The number of hydrogen-bond donors (Lipinski definition) is 2. The molecule has 2 saturated heterocycles. The molecular formula is C32H44N4O4. The van der Waals surface area contributed by atoms with E-state index in [0.717, 1.165) is 25.8 Å². The first-order valence-corrected chi connectivity index (χ1v) is 14.4. The molecule has 0 saturated carbocycles. The fourth-order valence-electron chi connectivity index (χ4n) is 5.77. The van der Waals surface area contributed by atoms with Crippen LogP contribution in [0.3, 0.4) is 0 Å². The zero-order chi connectivity index (χ0) is 29.0. The molecule has 0 unspecified atom stereocenters. The van der Waals surface area contributed by atoms with Crippen LogP contribution in [0.15, 0.2) is 48.5 Å². The Kier molecular flexibility index (Phi) is 9.06. The normalized spacial score (nSPS) is 20.0.